The van der Waals surface area contributed by atoms with E-state index in [2.05, 4.69) is 14.7 Å². The van der Waals surface area contributed by atoms with Crippen LogP contribution in [0.15, 0.2) is 28.8 Å². The molecule has 0 spiro atoms. The summed E-state index contributed by atoms with van der Waals surface area (Å²) in [5.74, 6) is -1.90. The zero-order valence-corrected chi connectivity index (χ0v) is 15.9. The Bertz CT molecular complexity index is 802. The fraction of sp³-hybridized carbons (Fsp3) is 0.526. The summed E-state index contributed by atoms with van der Waals surface area (Å²) >= 11 is 0. The molecule has 29 heavy (non-hydrogen) atoms. The van der Waals surface area contributed by atoms with Crippen LogP contribution in [0.4, 0.5) is 13.2 Å². The molecule has 0 bridgehead atoms. The van der Waals surface area contributed by atoms with E-state index in [4.69, 9.17) is 9.57 Å². The number of hydrogen-bond acceptors (Lipinski definition) is 6. The Balaban J connectivity index is 1.69. The fourth-order valence-corrected chi connectivity index (χ4v) is 2.82. The maximum atomic E-state index is 12.7. The van der Waals surface area contributed by atoms with E-state index in [1.54, 1.807) is 24.3 Å². The smallest absolute Gasteiger partial charge is 0.381 e. The molecule has 1 atom stereocenters. The number of amides is 1. The molecule has 0 aliphatic carbocycles. The highest BCUT2D eigenvalue weighted by molar-refractivity contribution is 5.78. The van der Waals surface area contributed by atoms with Crippen molar-refractivity contribution in [2.75, 3.05) is 19.8 Å². The van der Waals surface area contributed by atoms with Gasteiger partial charge in [0.25, 0.3) is 5.91 Å². The van der Waals surface area contributed by atoms with Crippen LogP contribution in [0, 0.1) is 5.92 Å². The lowest BCUT2D eigenvalue weighted by Gasteiger charge is -2.24. The van der Waals surface area contributed by atoms with Gasteiger partial charge in [0.15, 0.2) is 0 Å². The molecule has 1 aromatic heterocycles. The first-order valence-electron chi connectivity index (χ1n) is 9.40. The molecule has 7 nitrogen and oxygen atoms in total. The molecule has 1 aromatic carbocycles. The molecule has 1 unspecified atom stereocenters. The summed E-state index contributed by atoms with van der Waals surface area (Å²) in [7, 11) is 0. The Hall–Kier alpha value is -2.46. The molecule has 1 fully saturated rings. The molecule has 3 rings (SSSR count). The monoisotopic (exact) mass is 413 g/mol. The van der Waals surface area contributed by atoms with Gasteiger partial charge in [-0.3, -0.25) is 9.63 Å². The normalized spacial score (nSPS) is 16.9. The zero-order chi connectivity index (χ0) is 20.9. The molecule has 0 saturated carbocycles. The number of ether oxygens (including phenoxy) is 1. The van der Waals surface area contributed by atoms with Crippen molar-refractivity contribution in [2.45, 2.75) is 38.9 Å². The van der Waals surface area contributed by atoms with Crippen molar-refractivity contribution in [1.29, 1.82) is 0 Å². The van der Waals surface area contributed by atoms with Gasteiger partial charge < -0.3 is 9.26 Å². The Morgan fingerprint density at radius 2 is 2.07 bits per heavy atom. The molecule has 1 aliphatic rings. The van der Waals surface area contributed by atoms with E-state index in [0.29, 0.717) is 31.8 Å². The van der Waals surface area contributed by atoms with Crippen molar-refractivity contribution >= 4 is 5.91 Å². The summed E-state index contributed by atoms with van der Waals surface area (Å²) in [6.07, 6.45) is -2.27. The van der Waals surface area contributed by atoms with E-state index in [1.165, 1.54) is 5.06 Å². The van der Waals surface area contributed by atoms with Gasteiger partial charge in [0.05, 0.1) is 25.7 Å². The average Bonchev–Trinajstić information content (AvgIpc) is 3.39. The summed E-state index contributed by atoms with van der Waals surface area (Å²) in [6.45, 7) is 3.61. The van der Waals surface area contributed by atoms with Crippen LogP contribution < -0.4 is 0 Å². The van der Waals surface area contributed by atoms with Gasteiger partial charge in [-0.05, 0) is 18.4 Å². The highest BCUT2D eigenvalue weighted by Gasteiger charge is 2.38. The highest BCUT2D eigenvalue weighted by Crippen LogP contribution is 2.29. The van der Waals surface area contributed by atoms with Gasteiger partial charge in [0, 0.05) is 12.2 Å². The minimum Gasteiger partial charge on any atom is -0.381 e. The van der Waals surface area contributed by atoms with Crippen molar-refractivity contribution < 1.29 is 32.1 Å². The Labute approximate surface area is 165 Å². The summed E-state index contributed by atoms with van der Waals surface area (Å²) in [5.41, 5.74) is 1.14. The van der Waals surface area contributed by atoms with Gasteiger partial charge in [-0.2, -0.15) is 18.2 Å². The third-order valence-electron chi connectivity index (χ3n) is 4.48. The largest absolute Gasteiger partial charge is 0.471 e. The SMILES string of the molecule is CCCCON(Cc1ccc(-c2noc(C(F)(F)F)n2)cc1)C(=O)C1CCOC1. The number of nitrogens with zero attached hydrogens (tertiary/aromatic N) is 3. The number of alkyl halides is 3. The summed E-state index contributed by atoms with van der Waals surface area (Å²) in [5, 5.41) is 4.71. The quantitative estimate of drug-likeness (QED) is 0.483. The maximum absolute atomic E-state index is 12.7. The molecule has 1 saturated heterocycles. The van der Waals surface area contributed by atoms with Crippen LogP contribution in [-0.2, 0) is 27.1 Å². The second-order valence-electron chi connectivity index (χ2n) is 6.74. The van der Waals surface area contributed by atoms with E-state index in [-0.39, 0.29) is 24.2 Å². The molecule has 0 radical (unpaired) electrons. The number of carbonyl (C=O) groups excluding carboxylic acids is 1. The van der Waals surface area contributed by atoms with Gasteiger partial charge >= 0.3 is 12.1 Å². The second kappa shape index (κ2) is 9.36. The Morgan fingerprint density at radius 1 is 1.31 bits per heavy atom. The van der Waals surface area contributed by atoms with Gasteiger partial charge in [-0.15, -0.1) is 0 Å². The predicted octanol–water partition coefficient (Wildman–Crippen LogP) is 3.85. The van der Waals surface area contributed by atoms with Crippen LogP contribution in [0.3, 0.4) is 0 Å². The number of hydrogen-bond donors (Lipinski definition) is 0. The second-order valence-corrected chi connectivity index (χ2v) is 6.74. The molecular formula is C19H22F3N3O4. The number of hydroxylamine groups is 2. The van der Waals surface area contributed by atoms with Crippen LogP contribution in [0.5, 0.6) is 0 Å². The highest BCUT2D eigenvalue weighted by atomic mass is 19.4. The topological polar surface area (TPSA) is 77.7 Å². The molecule has 10 heteroatoms. The number of halogens is 3. The van der Waals surface area contributed by atoms with E-state index in [0.717, 1.165) is 18.4 Å². The van der Waals surface area contributed by atoms with E-state index in [9.17, 15) is 18.0 Å². The third-order valence-corrected chi connectivity index (χ3v) is 4.48. The van der Waals surface area contributed by atoms with Crippen molar-refractivity contribution in [3.05, 3.63) is 35.7 Å². The molecule has 0 N–H and O–H groups in total. The standard InChI is InChI=1S/C19H22F3N3O4/c1-2-3-9-28-25(17(26)15-8-10-27-12-15)11-13-4-6-14(7-5-13)16-23-18(29-24-16)19(20,21)22/h4-7,15H,2-3,8-12H2,1H3. The minimum atomic E-state index is -4.69. The Kier molecular flexibility index (Phi) is 6.86. The first-order chi connectivity index (χ1) is 13.9. The summed E-state index contributed by atoms with van der Waals surface area (Å²) < 4.78 is 47.3. The number of rotatable bonds is 8. The van der Waals surface area contributed by atoms with Crippen molar-refractivity contribution in [2.24, 2.45) is 5.92 Å². The van der Waals surface area contributed by atoms with Gasteiger partial charge in [0.1, 0.15) is 0 Å². The molecule has 1 amide bonds. The average molecular weight is 413 g/mol. The van der Waals surface area contributed by atoms with Gasteiger partial charge in [0.2, 0.25) is 5.82 Å². The molecule has 1 aliphatic heterocycles. The first-order valence-corrected chi connectivity index (χ1v) is 9.40. The molecular weight excluding hydrogens is 391 g/mol. The van der Waals surface area contributed by atoms with E-state index >= 15 is 0 Å². The number of aromatic nitrogens is 2. The van der Waals surface area contributed by atoms with Gasteiger partial charge in [-0.1, -0.05) is 42.8 Å². The van der Waals surface area contributed by atoms with Crippen LogP contribution >= 0.6 is 0 Å². The van der Waals surface area contributed by atoms with Crippen molar-refractivity contribution in [3.63, 3.8) is 0 Å². The maximum Gasteiger partial charge on any atom is 0.471 e. The van der Waals surface area contributed by atoms with Crippen molar-refractivity contribution in [3.8, 4) is 11.4 Å². The molecule has 2 aromatic rings. The van der Waals surface area contributed by atoms with E-state index in [1.807, 2.05) is 6.92 Å². The first kappa shape index (κ1) is 21.3. The summed E-state index contributed by atoms with van der Waals surface area (Å²) in [6, 6.07) is 6.53. The van der Waals surface area contributed by atoms with Crippen LogP contribution in [0.2, 0.25) is 0 Å². The van der Waals surface area contributed by atoms with Gasteiger partial charge in [-0.25, -0.2) is 5.06 Å². The molecule has 2 heterocycles. The zero-order valence-electron chi connectivity index (χ0n) is 15.9. The van der Waals surface area contributed by atoms with Crippen LogP contribution in [0.25, 0.3) is 11.4 Å². The lowest BCUT2D eigenvalue weighted by atomic mass is 10.1. The number of carbonyl (C=O) groups is 1. The lowest BCUT2D eigenvalue weighted by Crippen LogP contribution is -2.36. The van der Waals surface area contributed by atoms with E-state index < -0.39 is 12.1 Å². The molecule has 158 valence electrons. The predicted molar refractivity (Wildman–Crippen MR) is 95.1 cm³/mol. The number of benzene rings is 1. The fourth-order valence-electron chi connectivity index (χ4n) is 2.82. The van der Waals surface area contributed by atoms with Crippen LogP contribution in [0.1, 0.15) is 37.6 Å². The number of unbranched alkanes of at least 4 members (excludes halogenated alkanes) is 1. The minimum absolute atomic E-state index is 0.129. The summed E-state index contributed by atoms with van der Waals surface area (Å²) in [4.78, 5) is 21.8. The lowest BCUT2D eigenvalue weighted by molar-refractivity contribution is -0.195. The Morgan fingerprint density at radius 3 is 2.66 bits per heavy atom. The third kappa shape index (κ3) is 5.54. The van der Waals surface area contributed by atoms with Crippen molar-refractivity contribution in [1.82, 2.24) is 15.2 Å². The van der Waals surface area contributed by atoms with Crippen LogP contribution in [-0.4, -0.2) is 40.9 Å².